The van der Waals surface area contributed by atoms with Gasteiger partial charge in [-0.2, -0.15) is 0 Å². The molecular formula is C47H50O7P2. The van der Waals surface area contributed by atoms with E-state index in [1.807, 2.05) is 36.4 Å². The summed E-state index contributed by atoms with van der Waals surface area (Å²) in [6.07, 6.45) is 11.0. The summed E-state index contributed by atoms with van der Waals surface area (Å²) in [5.41, 5.74) is 9.87. The van der Waals surface area contributed by atoms with E-state index < -0.39 is 15.8 Å². The largest absolute Gasteiger partial charge is 0.501 e. The Bertz CT molecular complexity index is 2240. The highest BCUT2D eigenvalue weighted by Crippen LogP contribution is 2.55. The van der Waals surface area contributed by atoms with Crippen LogP contribution >= 0.6 is 15.8 Å². The molecule has 2 aliphatic rings. The van der Waals surface area contributed by atoms with E-state index in [0.717, 1.165) is 74.6 Å². The molecule has 9 heteroatoms. The Morgan fingerprint density at radius 3 is 1.64 bits per heavy atom. The summed E-state index contributed by atoms with van der Waals surface area (Å²) >= 11 is 0. The fourth-order valence-corrected chi connectivity index (χ4v) is 11.9. The van der Waals surface area contributed by atoms with Crippen LogP contribution in [-0.2, 0) is 9.47 Å². The highest BCUT2D eigenvalue weighted by Gasteiger charge is 2.33. The molecule has 7 nitrogen and oxygen atoms in total. The molecule has 0 saturated carbocycles. The van der Waals surface area contributed by atoms with Gasteiger partial charge in [-0.05, 0) is 128 Å². The number of benzene rings is 4. The maximum absolute atomic E-state index is 6.49. The van der Waals surface area contributed by atoms with E-state index in [9.17, 15) is 0 Å². The monoisotopic (exact) mass is 788 g/mol. The molecular weight excluding hydrogens is 738 g/mol. The van der Waals surface area contributed by atoms with Crippen LogP contribution in [0, 0.1) is 0 Å². The summed E-state index contributed by atoms with van der Waals surface area (Å²) in [7, 11) is 9.56. The van der Waals surface area contributed by atoms with Crippen molar-refractivity contribution < 1.29 is 33.2 Å². The summed E-state index contributed by atoms with van der Waals surface area (Å²) in [5, 5.41) is 6.80. The molecule has 0 N–H and O–H groups in total. The second-order valence-electron chi connectivity index (χ2n) is 13.2. The van der Waals surface area contributed by atoms with E-state index in [1.165, 1.54) is 16.2 Å². The van der Waals surface area contributed by atoms with Crippen LogP contribution in [0.5, 0.6) is 28.7 Å². The van der Waals surface area contributed by atoms with Crippen LogP contribution in [0.3, 0.4) is 0 Å². The number of rotatable bonds is 16. The van der Waals surface area contributed by atoms with E-state index in [-0.39, 0.29) is 5.92 Å². The van der Waals surface area contributed by atoms with Crippen LogP contribution < -0.4 is 44.9 Å². The summed E-state index contributed by atoms with van der Waals surface area (Å²) in [4.78, 5) is 0. The number of ether oxygens (including phenoxy) is 7. The van der Waals surface area contributed by atoms with Crippen LogP contribution in [0.2, 0.25) is 0 Å². The molecule has 6 rings (SSSR count). The van der Waals surface area contributed by atoms with Gasteiger partial charge in [-0.3, -0.25) is 0 Å². The van der Waals surface area contributed by atoms with Gasteiger partial charge in [0.1, 0.15) is 28.7 Å². The first-order chi connectivity index (χ1) is 27.3. The molecule has 0 bridgehead atoms. The van der Waals surface area contributed by atoms with Crippen molar-refractivity contribution in [3.05, 3.63) is 136 Å². The number of allylic oxidation sites excluding steroid dienone is 7. The average molecular weight is 789 g/mol. The van der Waals surface area contributed by atoms with Crippen molar-refractivity contribution in [1.29, 1.82) is 0 Å². The van der Waals surface area contributed by atoms with E-state index in [2.05, 4.69) is 86.0 Å². The Kier molecular flexibility index (Phi) is 13.5. The third-order valence-electron chi connectivity index (χ3n) is 10.2. The van der Waals surface area contributed by atoms with Gasteiger partial charge in [-0.25, -0.2) is 0 Å². The molecule has 4 aromatic rings. The molecule has 3 atom stereocenters. The first kappa shape index (κ1) is 40.5. The van der Waals surface area contributed by atoms with Crippen LogP contribution in [0.1, 0.15) is 44.6 Å². The minimum atomic E-state index is -1.25. The first-order valence-electron chi connectivity index (χ1n) is 18.6. The topological polar surface area (TPSA) is 64.6 Å². The van der Waals surface area contributed by atoms with Gasteiger partial charge in [0.05, 0.1) is 55.5 Å². The molecule has 0 aliphatic heterocycles. The molecule has 0 aromatic heterocycles. The Morgan fingerprint density at radius 1 is 0.571 bits per heavy atom. The summed E-state index contributed by atoms with van der Waals surface area (Å²) < 4.78 is 41.3. The van der Waals surface area contributed by atoms with E-state index >= 15 is 0 Å². The molecule has 290 valence electrons. The van der Waals surface area contributed by atoms with Crippen molar-refractivity contribution in [1.82, 2.24) is 0 Å². The van der Waals surface area contributed by atoms with E-state index in [0.29, 0.717) is 17.3 Å². The molecule has 0 saturated heterocycles. The minimum Gasteiger partial charge on any atom is -0.501 e. The molecule has 4 aromatic carbocycles. The molecule has 3 unspecified atom stereocenters. The van der Waals surface area contributed by atoms with Gasteiger partial charge in [0.2, 0.25) is 0 Å². The quantitative estimate of drug-likeness (QED) is 0.0828. The summed E-state index contributed by atoms with van der Waals surface area (Å²) in [6, 6.07) is 25.5. The molecule has 0 spiro atoms. The summed E-state index contributed by atoms with van der Waals surface area (Å²) in [6.45, 7) is 4.48. The van der Waals surface area contributed by atoms with Crippen molar-refractivity contribution >= 4 is 37.1 Å². The highest BCUT2D eigenvalue weighted by atomic mass is 31.1. The van der Waals surface area contributed by atoms with Crippen LogP contribution in [0.4, 0.5) is 0 Å². The maximum atomic E-state index is 6.49. The van der Waals surface area contributed by atoms with Gasteiger partial charge in [0.25, 0.3) is 0 Å². The fourth-order valence-electron chi connectivity index (χ4n) is 6.92. The highest BCUT2D eigenvalue weighted by molar-refractivity contribution is 7.78. The Morgan fingerprint density at radius 2 is 1.16 bits per heavy atom. The lowest BCUT2D eigenvalue weighted by molar-refractivity contribution is 0.276. The van der Waals surface area contributed by atoms with Crippen molar-refractivity contribution in [3.8, 4) is 39.9 Å². The molecule has 2 aliphatic carbocycles. The molecule has 0 fully saturated rings. The second kappa shape index (κ2) is 18.7. The molecule has 56 heavy (non-hydrogen) atoms. The fraction of sp³-hybridized carbons (Fsp3) is 0.277. The number of methoxy groups -OCH3 is 7. The SMILES string of the molecule is CCC(C)c1cc(OC)c(-c2c(OC)cc(OC)cc2P(C2=CC=C(OC)CC2)c2ccc(OC)cc2)c(P(C2=C=C=C(OC)C=C2)c2ccc(OC)cc2)c1. The third kappa shape index (κ3) is 8.48. The van der Waals surface area contributed by atoms with Crippen LogP contribution in [0.25, 0.3) is 11.1 Å². The minimum absolute atomic E-state index is 0.277. The standard InChI is InChI=1S/C47H50O7P2/c1-10-31(2)32-27-42(53-8)46(44(28-32)55(38-19-11-33(48-3)12-20-38)39-21-13-34(49-4)14-22-39)47-43(54-9)29-37(52-7)30-45(47)56(40-23-15-35(50-5)16-24-40)41-25-17-36(51-6)18-26-41/h11-13,15-17,19-21,23-25,27-31H,10,18,26H2,1-9H3. The summed E-state index contributed by atoms with van der Waals surface area (Å²) in [5.74, 6) is 5.62. The smallest absolute Gasteiger partial charge is 0.169 e. The van der Waals surface area contributed by atoms with Crippen molar-refractivity contribution in [3.63, 3.8) is 0 Å². The lowest BCUT2D eigenvalue weighted by Gasteiger charge is -2.31. The maximum Gasteiger partial charge on any atom is 0.169 e. The van der Waals surface area contributed by atoms with Gasteiger partial charge in [0.15, 0.2) is 5.76 Å². The van der Waals surface area contributed by atoms with Gasteiger partial charge < -0.3 is 33.2 Å². The van der Waals surface area contributed by atoms with Crippen molar-refractivity contribution in [2.45, 2.75) is 39.0 Å². The van der Waals surface area contributed by atoms with Gasteiger partial charge >= 0.3 is 0 Å². The zero-order valence-corrected chi connectivity index (χ0v) is 35.5. The number of hydrogen-bond donors (Lipinski definition) is 0. The third-order valence-corrected chi connectivity index (χ3v) is 15.2. The van der Waals surface area contributed by atoms with Gasteiger partial charge in [-0.15, -0.1) is 0 Å². The zero-order chi connectivity index (χ0) is 39.8. The van der Waals surface area contributed by atoms with Gasteiger partial charge in [0, 0.05) is 34.2 Å². The van der Waals surface area contributed by atoms with Crippen molar-refractivity contribution in [2.24, 2.45) is 0 Å². The zero-order valence-electron chi connectivity index (χ0n) is 33.7. The van der Waals surface area contributed by atoms with E-state index in [1.54, 1.807) is 49.8 Å². The average Bonchev–Trinajstić information content (AvgIpc) is 3.26. The van der Waals surface area contributed by atoms with Crippen LogP contribution in [-0.4, -0.2) is 49.8 Å². The van der Waals surface area contributed by atoms with Crippen molar-refractivity contribution in [2.75, 3.05) is 49.8 Å². The Hall–Kier alpha value is -5.14. The molecule has 0 radical (unpaired) electrons. The van der Waals surface area contributed by atoms with Gasteiger partial charge in [-0.1, -0.05) is 49.9 Å². The Labute approximate surface area is 334 Å². The van der Waals surface area contributed by atoms with E-state index in [4.69, 9.17) is 33.2 Å². The predicted molar refractivity (Wildman–Crippen MR) is 231 cm³/mol. The number of hydrogen-bond acceptors (Lipinski definition) is 7. The predicted octanol–water partition coefficient (Wildman–Crippen LogP) is 9.72. The molecule has 0 heterocycles. The second-order valence-corrected chi connectivity index (χ2v) is 17.6. The normalized spacial score (nSPS) is 15.0. The molecule has 0 amide bonds. The first-order valence-corrected chi connectivity index (χ1v) is 21.3. The Balaban J connectivity index is 1.77. The van der Waals surface area contributed by atoms with Crippen LogP contribution in [0.15, 0.2) is 131 Å². The lowest BCUT2D eigenvalue weighted by atomic mass is 9.94. The lowest BCUT2D eigenvalue weighted by Crippen LogP contribution is -2.22.